The van der Waals surface area contributed by atoms with Gasteiger partial charge in [0, 0.05) is 18.0 Å². The summed E-state index contributed by atoms with van der Waals surface area (Å²) in [6, 6.07) is 0.610. The van der Waals surface area contributed by atoms with Crippen molar-refractivity contribution in [3.63, 3.8) is 0 Å². The fourth-order valence-corrected chi connectivity index (χ4v) is 1.77. The largest absolute Gasteiger partial charge is 0.490 e. The van der Waals surface area contributed by atoms with Crippen molar-refractivity contribution in [1.82, 2.24) is 0 Å². The fraction of sp³-hybridized carbons (Fsp3) is 0.400. The van der Waals surface area contributed by atoms with Gasteiger partial charge >= 0.3 is 6.18 Å². The van der Waals surface area contributed by atoms with Crippen LogP contribution in [0.15, 0.2) is 12.1 Å². The normalized spacial score (nSPS) is 19.0. The lowest BCUT2D eigenvalue weighted by Gasteiger charge is -2.26. The van der Waals surface area contributed by atoms with E-state index in [-0.39, 0.29) is 36.7 Å². The molecule has 2 N–H and O–H groups in total. The van der Waals surface area contributed by atoms with E-state index in [0.29, 0.717) is 6.07 Å². The second kappa shape index (κ2) is 4.70. The molecule has 17 heavy (non-hydrogen) atoms. The standard InChI is InChI=1S/C10H9F4NO.ClH/c11-6-2-1-5(10(12,13)14)8-7(15)3-4-16-9(6)8;/h1-2,7H,3-4,15H2;1H/t7-;/m1./s1. The first-order valence-corrected chi connectivity index (χ1v) is 4.69. The van der Waals surface area contributed by atoms with E-state index >= 15 is 0 Å². The van der Waals surface area contributed by atoms with Crippen molar-refractivity contribution in [2.75, 3.05) is 6.61 Å². The highest BCUT2D eigenvalue weighted by Crippen LogP contribution is 2.42. The van der Waals surface area contributed by atoms with E-state index in [1.807, 2.05) is 0 Å². The zero-order chi connectivity index (χ0) is 11.9. The molecule has 7 heteroatoms. The van der Waals surface area contributed by atoms with Crippen LogP contribution in [0.2, 0.25) is 0 Å². The average molecular weight is 272 g/mol. The number of ether oxygens (including phenoxy) is 1. The van der Waals surface area contributed by atoms with E-state index in [1.165, 1.54) is 0 Å². The molecule has 96 valence electrons. The molecule has 0 saturated carbocycles. The van der Waals surface area contributed by atoms with Gasteiger partial charge in [-0.3, -0.25) is 0 Å². The predicted octanol–water partition coefficient (Wildman–Crippen LogP) is 3.05. The van der Waals surface area contributed by atoms with Gasteiger partial charge < -0.3 is 10.5 Å². The molecule has 0 aromatic heterocycles. The molecule has 0 spiro atoms. The van der Waals surface area contributed by atoms with Gasteiger partial charge in [-0.2, -0.15) is 13.2 Å². The highest BCUT2D eigenvalue weighted by molar-refractivity contribution is 5.85. The number of fused-ring (bicyclic) bond motifs is 1. The zero-order valence-electron chi connectivity index (χ0n) is 8.55. The quantitative estimate of drug-likeness (QED) is 0.736. The number of alkyl halides is 3. The summed E-state index contributed by atoms with van der Waals surface area (Å²) in [7, 11) is 0. The molecule has 1 aliphatic heterocycles. The lowest BCUT2D eigenvalue weighted by atomic mass is 9.95. The second-order valence-electron chi connectivity index (χ2n) is 3.58. The van der Waals surface area contributed by atoms with Crippen molar-refractivity contribution in [2.24, 2.45) is 5.73 Å². The Hall–Kier alpha value is -1.01. The Morgan fingerprint density at radius 2 is 1.94 bits per heavy atom. The van der Waals surface area contributed by atoms with E-state index in [4.69, 9.17) is 10.5 Å². The van der Waals surface area contributed by atoms with Crippen LogP contribution >= 0.6 is 12.4 Å². The molecule has 1 aromatic carbocycles. The third-order valence-electron chi connectivity index (χ3n) is 2.50. The smallest absolute Gasteiger partial charge is 0.416 e. The van der Waals surface area contributed by atoms with E-state index in [2.05, 4.69) is 0 Å². The average Bonchev–Trinajstić information content (AvgIpc) is 2.18. The first-order chi connectivity index (χ1) is 7.41. The highest BCUT2D eigenvalue weighted by atomic mass is 35.5. The van der Waals surface area contributed by atoms with Crippen LogP contribution in [0.4, 0.5) is 17.6 Å². The minimum Gasteiger partial charge on any atom is -0.490 e. The lowest BCUT2D eigenvalue weighted by Crippen LogP contribution is -2.25. The Morgan fingerprint density at radius 1 is 1.29 bits per heavy atom. The monoisotopic (exact) mass is 271 g/mol. The van der Waals surface area contributed by atoms with E-state index in [9.17, 15) is 17.6 Å². The molecule has 0 aliphatic carbocycles. The molecule has 1 aromatic rings. The van der Waals surface area contributed by atoms with Gasteiger partial charge in [0.1, 0.15) is 0 Å². The zero-order valence-corrected chi connectivity index (χ0v) is 9.37. The van der Waals surface area contributed by atoms with E-state index in [0.717, 1.165) is 6.07 Å². The molecular weight excluding hydrogens is 262 g/mol. The van der Waals surface area contributed by atoms with Crippen LogP contribution in [-0.2, 0) is 6.18 Å². The van der Waals surface area contributed by atoms with Crippen molar-refractivity contribution >= 4 is 12.4 Å². The predicted molar refractivity (Wildman–Crippen MR) is 55.7 cm³/mol. The minimum atomic E-state index is -4.55. The fourth-order valence-electron chi connectivity index (χ4n) is 1.77. The molecule has 1 aliphatic rings. The summed E-state index contributed by atoms with van der Waals surface area (Å²) in [6.45, 7) is 0.131. The number of halogens is 5. The van der Waals surface area contributed by atoms with Crippen LogP contribution < -0.4 is 10.5 Å². The van der Waals surface area contributed by atoms with Crippen LogP contribution in [0.3, 0.4) is 0 Å². The van der Waals surface area contributed by atoms with E-state index in [1.54, 1.807) is 0 Å². The van der Waals surface area contributed by atoms with Crippen LogP contribution in [0, 0.1) is 5.82 Å². The van der Waals surface area contributed by atoms with Gasteiger partial charge in [0.2, 0.25) is 0 Å². The molecule has 1 heterocycles. The molecule has 2 nitrogen and oxygen atoms in total. The van der Waals surface area contributed by atoms with Crippen LogP contribution in [0.5, 0.6) is 5.75 Å². The lowest BCUT2D eigenvalue weighted by molar-refractivity contribution is -0.138. The summed E-state index contributed by atoms with van der Waals surface area (Å²) >= 11 is 0. The third kappa shape index (κ3) is 2.47. The Balaban J connectivity index is 0.00000144. The van der Waals surface area contributed by atoms with Gasteiger partial charge in [-0.15, -0.1) is 12.4 Å². The molecular formula is C10H10ClF4NO. The Labute approximate surface area is 101 Å². The Morgan fingerprint density at radius 3 is 2.53 bits per heavy atom. The van der Waals surface area contributed by atoms with Gasteiger partial charge in [0.15, 0.2) is 11.6 Å². The molecule has 0 fully saturated rings. The van der Waals surface area contributed by atoms with Gasteiger partial charge in [-0.05, 0) is 12.1 Å². The topological polar surface area (TPSA) is 35.2 Å². The van der Waals surface area contributed by atoms with Crippen molar-refractivity contribution in [3.05, 3.63) is 29.1 Å². The maximum atomic E-state index is 13.3. The summed E-state index contributed by atoms with van der Waals surface area (Å²) in [5.74, 6) is -1.17. The SMILES string of the molecule is Cl.N[C@@H]1CCOc2c(F)ccc(C(F)(F)F)c21. The molecule has 1 atom stereocenters. The molecule has 0 amide bonds. The van der Waals surface area contributed by atoms with Gasteiger partial charge in [0.05, 0.1) is 12.2 Å². The molecule has 2 rings (SSSR count). The maximum absolute atomic E-state index is 13.3. The molecule has 0 saturated heterocycles. The second-order valence-corrected chi connectivity index (χ2v) is 3.58. The van der Waals surface area contributed by atoms with Gasteiger partial charge in [0.25, 0.3) is 0 Å². The molecule has 0 bridgehead atoms. The van der Waals surface area contributed by atoms with Crippen molar-refractivity contribution in [2.45, 2.75) is 18.6 Å². The minimum absolute atomic E-state index is 0. The number of benzene rings is 1. The number of hydrogen-bond acceptors (Lipinski definition) is 2. The van der Waals surface area contributed by atoms with Crippen LogP contribution in [-0.4, -0.2) is 6.61 Å². The van der Waals surface area contributed by atoms with Crippen LogP contribution in [0.1, 0.15) is 23.6 Å². The third-order valence-corrected chi connectivity index (χ3v) is 2.50. The van der Waals surface area contributed by atoms with Crippen molar-refractivity contribution < 1.29 is 22.3 Å². The summed E-state index contributed by atoms with van der Waals surface area (Å²) in [4.78, 5) is 0. The number of nitrogens with two attached hydrogens (primary N) is 1. The maximum Gasteiger partial charge on any atom is 0.416 e. The van der Waals surface area contributed by atoms with E-state index < -0.39 is 23.6 Å². The van der Waals surface area contributed by atoms with Gasteiger partial charge in [-0.25, -0.2) is 4.39 Å². The number of hydrogen-bond donors (Lipinski definition) is 1. The summed E-state index contributed by atoms with van der Waals surface area (Å²) < 4.78 is 56.1. The van der Waals surface area contributed by atoms with Crippen molar-refractivity contribution in [1.29, 1.82) is 0 Å². The molecule has 0 radical (unpaired) electrons. The summed E-state index contributed by atoms with van der Waals surface area (Å²) in [5, 5.41) is 0. The number of rotatable bonds is 0. The summed E-state index contributed by atoms with van der Waals surface area (Å²) in [5.41, 5.74) is 4.37. The summed E-state index contributed by atoms with van der Waals surface area (Å²) in [6.07, 6.45) is -4.30. The van der Waals surface area contributed by atoms with Crippen LogP contribution in [0.25, 0.3) is 0 Å². The highest BCUT2D eigenvalue weighted by Gasteiger charge is 2.38. The Bertz CT molecular complexity index is 422. The first-order valence-electron chi connectivity index (χ1n) is 4.69. The Kier molecular flexibility index (Phi) is 3.88. The van der Waals surface area contributed by atoms with Gasteiger partial charge in [-0.1, -0.05) is 0 Å². The first kappa shape index (κ1) is 14.1. The molecule has 0 unspecified atom stereocenters. The van der Waals surface area contributed by atoms with Crippen molar-refractivity contribution in [3.8, 4) is 5.75 Å².